The van der Waals surface area contributed by atoms with Crippen molar-refractivity contribution in [3.8, 4) is 0 Å². The maximum Gasteiger partial charge on any atom is 0.407 e. The molecule has 0 bridgehead atoms. The highest BCUT2D eigenvalue weighted by atomic mass is 16.5. The lowest BCUT2D eigenvalue weighted by atomic mass is 9.79. The smallest absolute Gasteiger partial charge is 0.407 e. The van der Waals surface area contributed by atoms with Gasteiger partial charge in [-0.2, -0.15) is 0 Å². The largest absolute Gasteiger partial charge is 0.445 e. The molecular weight excluding hydrogens is 280 g/mol. The molecule has 1 aliphatic rings. The van der Waals surface area contributed by atoms with Crippen molar-refractivity contribution in [2.24, 2.45) is 0 Å². The molecule has 2 N–H and O–H groups in total. The van der Waals surface area contributed by atoms with Crippen molar-refractivity contribution >= 4 is 6.09 Å². The number of rotatable bonds is 5. The van der Waals surface area contributed by atoms with Crippen molar-refractivity contribution in [2.75, 3.05) is 20.7 Å². The van der Waals surface area contributed by atoms with Gasteiger partial charge in [-0.25, -0.2) is 4.79 Å². The van der Waals surface area contributed by atoms with Gasteiger partial charge in [0.2, 0.25) is 0 Å². The van der Waals surface area contributed by atoms with Crippen LogP contribution in [0.3, 0.4) is 0 Å². The van der Waals surface area contributed by atoms with Crippen LogP contribution < -0.4 is 5.32 Å². The van der Waals surface area contributed by atoms with E-state index in [0.29, 0.717) is 6.04 Å². The van der Waals surface area contributed by atoms with Gasteiger partial charge in [0, 0.05) is 6.04 Å². The van der Waals surface area contributed by atoms with Crippen LogP contribution in [0, 0.1) is 0 Å². The van der Waals surface area contributed by atoms with Crippen LogP contribution in [-0.2, 0) is 11.3 Å². The normalized spacial score (nSPS) is 25.0. The van der Waals surface area contributed by atoms with E-state index in [0.717, 1.165) is 31.2 Å². The molecule has 1 aliphatic carbocycles. The zero-order valence-electron chi connectivity index (χ0n) is 13.4. The predicted octanol–water partition coefficient (Wildman–Crippen LogP) is 2.15. The highest BCUT2D eigenvalue weighted by Gasteiger charge is 2.38. The van der Waals surface area contributed by atoms with E-state index in [1.54, 1.807) is 0 Å². The molecule has 1 saturated carbocycles. The lowest BCUT2D eigenvalue weighted by molar-refractivity contribution is 0.0641. The molecule has 1 fully saturated rings. The molecule has 5 nitrogen and oxygen atoms in total. The molecule has 0 heterocycles. The molecule has 2 atom stereocenters. The molecule has 0 aromatic heterocycles. The average Bonchev–Trinajstić information content (AvgIpc) is 2.54. The average molecular weight is 306 g/mol. The van der Waals surface area contributed by atoms with Crippen molar-refractivity contribution in [2.45, 2.75) is 43.9 Å². The van der Waals surface area contributed by atoms with Gasteiger partial charge in [-0.15, -0.1) is 0 Å². The summed E-state index contributed by atoms with van der Waals surface area (Å²) in [7, 11) is 4.07. The van der Waals surface area contributed by atoms with Gasteiger partial charge in [-0.05, 0) is 45.3 Å². The summed E-state index contributed by atoms with van der Waals surface area (Å²) in [6.07, 6.45) is 3.15. The minimum absolute atomic E-state index is 0.0578. The Labute approximate surface area is 132 Å². The van der Waals surface area contributed by atoms with E-state index >= 15 is 0 Å². The number of nitrogens with one attached hydrogen (secondary N) is 1. The molecule has 5 heteroatoms. The third-order valence-corrected chi connectivity index (χ3v) is 4.43. The number of nitrogens with zero attached hydrogens (tertiary/aromatic N) is 1. The highest BCUT2D eigenvalue weighted by Crippen LogP contribution is 2.30. The molecule has 2 rings (SSSR count). The van der Waals surface area contributed by atoms with Crippen LogP contribution in [0.4, 0.5) is 4.79 Å². The van der Waals surface area contributed by atoms with Crippen LogP contribution in [0.1, 0.15) is 31.2 Å². The molecular formula is C17H26N2O3. The number of hydrogen-bond donors (Lipinski definition) is 2. The molecule has 0 spiro atoms. The van der Waals surface area contributed by atoms with Gasteiger partial charge in [-0.1, -0.05) is 30.3 Å². The number of carbonyl (C=O) groups is 1. The first kappa shape index (κ1) is 16.8. The third kappa shape index (κ3) is 4.45. The Hall–Kier alpha value is -1.59. The molecule has 0 radical (unpaired) electrons. The van der Waals surface area contributed by atoms with Crippen LogP contribution in [0.5, 0.6) is 0 Å². The number of aliphatic hydroxyl groups is 1. The minimum atomic E-state index is -0.568. The van der Waals surface area contributed by atoms with Crippen molar-refractivity contribution < 1.29 is 14.6 Å². The first-order valence-corrected chi connectivity index (χ1v) is 7.81. The van der Waals surface area contributed by atoms with Gasteiger partial charge in [0.05, 0.1) is 12.1 Å². The van der Waals surface area contributed by atoms with E-state index in [4.69, 9.17) is 4.74 Å². The predicted molar refractivity (Wildman–Crippen MR) is 85.5 cm³/mol. The zero-order chi connectivity index (χ0) is 16.0. The summed E-state index contributed by atoms with van der Waals surface area (Å²) in [5.74, 6) is 0. The fourth-order valence-corrected chi connectivity index (χ4v) is 3.04. The van der Waals surface area contributed by atoms with Crippen LogP contribution in [0.15, 0.2) is 30.3 Å². The zero-order valence-corrected chi connectivity index (χ0v) is 13.4. The Morgan fingerprint density at radius 1 is 1.41 bits per heavy atom. The second-order valence-corrected chi connectivity index (χ2v) is 6.34. The Balaban J connectivity index is 1.90. The maximum atomic E-state index is 12.1. The lowest BCUT2D eigenvalue weighted by Crippen LogP contribution is -2.56. The number of carbonyl (C=O) groups excluding carboxylic acids is 1. The quantitative estimate of drug-likeness (QED) is 0.875. The molecule has 0 aliphatic heterocycles. The Kier molecular flexibility index (Phi) is 5.80. The number of aliphatic hydroxyl groups excluding tert-OH is 1. The topological polar surface area (TPSA) is 61.8 Å². The van der Waals surface area contributed by atoms with Gasteiger partial charge < -0.3 is 20.1 Å². The lowest BCUT2D eigenvalue weighted by Gasteiger charge is -2.42. The molecule has 1 amide bonds. The van der Waals surface area contributed by atoms with E-state index in [1.807, 2.05) is 44.4 Å². The maximum absolute atomic E-state index is 12.1. The third-order valence-electron chi connectivity index (χ3n) is 4.43. The van der Waals surface area contributed by atoms with Gasteiger partial charge >= 0.3 is 6.09 Å². The van der Waals surface area contributed by atoms with Crippen LogP contribution in [-0.4, -0.2) is 48.4 Å². The first-order valence-electron chi connectivity index (χ1n) is 7.81. The minimum Gasteiger partial charge on any atom is -0.445 e. The Bertz CT molecular complexity index is 478. The van der Waals surface area contributed by atoms with E-state index < -0.39 is 11.6 Å². The molecule has 1 aromatic carbocycles. The fourth-order valence-electron chi connectivity index (χ4n) is 3.04. The molecule has 1 aromatic rings. The Morgan fingerprint density at radius 2 is 2.14 bits per heavy atom. The summed E-state index contributed by atoms with van der Waals surface area (Å²) < 4.78 is 5.28. The summed E-state index contributed by atoms with van der Waals surface area (Å²) in [4.78, 5) is 14.2. The van der Waals surface area contributed by atoms with E-state index in [1.165, 1.54) is 0 Å². The SMILES string of the molecule is CN(C)[C@@H]1CCC[C@](CO)(NC(=O)OCc2ccccc2)C1. The summed E-state index contributed by atoms with van der Waals surface area (Å²) >= 11 is 0. The van der Waals surface area contributed by atoms with Crippen LogP contribution >= 0.6 is 0 Å². The fraction of sp³-hybridized carbons (Fsp3) is 0.588. The second-order valence-electron chi connectivity index (χ2n) is 6.34. The summed E-state index contributed by atoms with van der Waals surface area (Å²) in [6.45, 7) is 0.184. The summed E-state index contributed by atoms with van der Waals surface area (Å²) in [5.41, 5.74) is 0.381. The van der Waals surface area contributed by atoms with Crippen molar-refractivity contribution in [1.29, 1.82) is 0 Å². The number of benzene rings is 1. The summed E-state index contributed by atoms with van der Waals surface area (Å²) in [5, 5.41) is 12.7. The number of ether oxygens (including phenoxy) is 1. The van der Waals surface area contributed by atoms with Crippen LogP contribution in [0.2, 0.25) is 0 Å². The Morgan fingerprint density at radius 3 is 2.77 bits per heavy atom. The standard InChI is InChI=1S/C17H26N2O3/c1-19(2)15-9-6-10-17(11-15,13-20)18-16(21)22-12-14-7-4-3-5-8-14/h3-5,7-8,15,20H,6,9-13H2,1-2H3,(H,18,21)/t15-,17+/m1/s1. The number of hydrogen-bond acceptors (Lipinski definition) is 4. The number of alkyl carbamates (subject to hydrolysis) is 1. The summed E-state index contributed by atoms with van der Waals surface area (Å²) in [6, 6.07) is 9.95. The highest BCUT2D eigenvalue weighted by molar-refractivity contribution is 5.68. The first-order chi connectivity index (χ1) is 10.5. The molecule has 0 unspecified atom stereocenters. The molecule has 122 valence electrons. The van der Waals surface area contributed by atoms with Gasteiger partial charge in [0.1, 0.15) is 6.61 Å². The van der Waals surface area contributed by atoms with Crippen LogP contribution in [0.25, 0.3) is 0 Å². The van der Waals surface area contributed by atoms with Crippen molar-refractivity contribution in [1.82, 2.24) is 10.2 Å². The monoisotopic (exact) mass is 306 g/mol. The van der Waals surface area contributed by atoms with Gasteiger partial charge in [0.15, 0.2) is 0 Å². The van der Waals surface area contributed by atoms with Crippen molar-refractivity contribution in [3.05, 3.63) is 35.9 Å². The van der Waals surface area contributed by atoms with Gasteiger partial charge in [-0.3, -0.25) is 0 Å². The van der Waals surface area contributed by atoms with E-state index in [9.17, 15) is 9.90 Å². The van der Waals surface area contributed by atoms with E-state index in [-0.39, 0.29) is 13.2 Å². The second kappa shape index (κ2) is 7.61. The number of amides is 1. The van der Waals surface area contributed by atoms with Gasteiger partial charge in [0.25, 0.3) is 0 Å². The van der Waals surface area contributed by atoms with E-state index in [2.05, 4.69) is 10.2 Å². The van der Waals surface area contributed by atoms with Crippen molar-refractivity contribution in [3.63, 3.8) is 0 Å². The molecule has 22 heavy (non-hydrogen) atoms. The molecule has 0 saturated heterocycles.